The van der Waals surface area contributed by atoms with Crippen molar-refractivity contribution >= 4 is 5.78 Å². The SMILES string of the molecule is COCCOC1CCCN1[C@H](CO)C(C)=O. The van der Waals surface area contributed by atoms with Crippen LogP contribution in [0, 0.1) is 0 Å². The molecule has 0 aromatic carbocycles. The standard InChI is InChI=1S/C11H21NO4/c1-9(14)10(8-13)12-5-3-4-11(12)16-7-6-15-2/h10-11,13H,3-8H2,1-2H3/t10-,11?/m1/s1. The van der Waals surface area contributed by atoms with Crippen LogP contribution in [0.5, 0.6) is 0 Å². The molecule has 94 valence electrons. The average Bonchev–Trinajstić information content (AvgIpc) is 2.68. The normalized spacial score (nSPS) is 23.6. The van der Waals surface area contributed by atoms with Crippen LogP contribution < -0.4 is 0 Å². The summed E-state index contributed by atoms with van der Waals surface area (Å²) in [6, 6.07) is -0.421. The van der Waals surface area contributed by atoms with Crippen LogP contribution in [-0.4, -0.2) is 61.5 Å². The molecule has 5 nitrogen and oxygen atoms in total. The van der Waals surface area contributed by atoms with Gasteiger partial charge in [0, 0.05) is 13.7 Å². The highest BCUT2D eigenvalue weighted by atomic mass is 16.5. The molecule has 1 fully saturated rings. The molecule has 1 aliphatic heterocycles. The molecule has 5 heteroatoms. The van der Waals surface area contributed by atoms with Crippen molar-refractivity contribution in [1.82, 2.24) is 4.90 Å². The monoisotopic (exact) mass is 231 g/mol. The van der Waals surface area contributed by atoms with Crippen LogP contribution in [0.3, 0.4) is 0 Å². The number of aliphatic hydroxyl groups excluding tert-OH is 1. The highest BCUT2D eigenvalue weighted by molar-refractivity contribution is 5.81. The number of likely N-dealkylation sites (tertiary alicyclic amines) is 1. The van der Waals surface area contributed by atoms with Crippen molar-refractivity contribution in [3.05, 3.63) is 0 Å². The highest BCUT2D eigenvalue weighted by Crippen LogP contribution is 2.21. The van der Waals surface area contributed by atoms with Gasteiger partial charge in [0.15, 0.2) is 0 Å². The quantitative estimate of drug-likeness (QED) is 0.626. The topological polar surface area (TPSA) is 59.0 Å². The number of methoxy groups -OCH3 is 1. The first-order valence-electron chi connectivity index (χ1n) is 5.68. The van der Waals surface area contributed by atoms with E-state index in [1.54, 1.807) is 7.11 Å². The fourth-order valence-electron chi connectivity index (χ4n) is 2.03. The minimum absolute atomic E-state index is 0.00950. The summed E-state index contributed by atoms with van der Waals surface area (Å²) in [5.41, 5.74) is 0. The molecular formula is C11H21NO4. The lowest BCUT2D eigenvalue weighted by Crippen LogP contribution is -2.46. The number of hydrogen-bond donors (Lipinski definition) is 1. The molecule has 1 saturated heterocycles. The third-order valence-corrected chi connectivity index (χ3v) is 2.88. The number of carbonyl (C=O) groups excluding carboxylic acids is 1. The summed E-state index contributed by atoms with van der Waals surface area (Å²) >= 11 is 0. The second kappa shape index (κ2) is 6.96. The number of ether oxygens (including phenoxy) is 2. The van der Waals surface area contributed by atoms with Gasteiger partial charge in [-0.05, 0) is 19.8 Å². The summed E-state index contributed by atoms with van der Waals surface area (Å²) in [7, 11) is 1.63. The Morgan fingerprint density at radius 2 is 2.31 bits per heavy atom. The van der Waals surface area contributed by atoms with Crippen molar-refractivity contribution in [2.45, 2.75) is 32.0 Å². The smallest absolute Gasteiger partial charge is 0.149 e. The molecule has 1 heterocycles. The Morgan fingerprint density at radius 3 is 2.88 bits per heavy atom. The zero-order valence-corrected chi connectivity index (χ0v) is 10.0. The van der Waals surface area contributed by atoms with E-state index in [9.17, 15) is 9.90 Å². The number of rotatable bonds is 7. The second-order valence-electron chi connectivity index (χ2n) is 4.01. The largest absolute Gasteiger partial charge is 0.394 e. The van der Waals surface area contributed by atoms with Crippen LogP contribution in [-0.2, 0) is 14.3 Å². The van der Waals surface area contributed by atoms with E-state index >= 15 is 0 Å². The third-order valence-electron chi connectivity index (χ3n) is 2.88. The molecule has 0 bridgehead atoms. The van der Waals surface area contributed by atoms with Crippen molar-refractivity contribution in [1.29, 1.82) is 0 Å². The predicted molar refractivity (Wildman–Crippen MR) is 59.1 cm³/mol. The van der Waals surface area contributed by atoms with Crippen molar-refractivity contribution in [3.63, 3.8) is 0 Å². The molecule has 0 amide bonds. The van der Waals surface area contributed by atoms with Gasteiger partial charge in [-0.1, -0.05) is 0 Å². The second-order valence-corrected chi connectivity index (χ2v) is 4.01. The van der Waals surface area contributed by atoms with Crippen molar-refractivity contribution in [2.24, 2.45) is 0 Å². The van der Waals surface area contributed by atoms with Crippen LogP contribution >= 0.6 is 0 Å². The minimum Gasteiger partial charge on any atom is -0.394 e. The summed E-state index contributed by atoms with van der Waals surface area (Å²) in [5.74, 6) is -0.00950. The van der Waals surface area contributed by atoms with Gasteiger partial charge in [-0.25, -0.2) is 0 Å². The first-order chi connectivity index (χ1) is 7.70. The van der Waals surface area contributed by atoms with Crippen molar-refractivity contribution in [3.8, 4) is 0 Å². The number of hydrogen-bond acceptors (Lipinski definition) is 5. The Balaban J connectivity index is 2.46. The Hall–Kier alpha value is -0.490. The fourth-order valence-corrected chi connectivity index (χ4v) is 2.03. The van der Waals surface area contributed by atoms with Gasteiger partial charge < -0.3 is 14.6 Å². The van der Waals surface area contributed by atoms with Gasteiger partial charge in [-0.15, -0.1) is 0 Å². The molecule has 1 unspecified atom stereocenters. The van der Waals surface area contributed by atoms with E-state index in [0.717, 1.165) is 19.4 Å². The van der Waals surface area contributed by atoms with E-state index in [1.165, 1.54) is 6.92 Å². The van der Waals surface area contributed by atoms with Crippen molar-refractivity contribution in [2.75, 3.05) is 33.5 Å². The maximum Gasteiger partial charge on any atom is 0.149 e. The lowest BCUT2D eigenvalue weighted by atomic mass is 10.2. The molecule has 0 spiro atoms. The summed E-state index contributed by atoms with van der Waals surface area (Å²) in [6.07, 6.45) is 1.85. The van der Waals surface area contributed by atoms with E-state index in [1.807, 2.05) is 4.90 Å². The van der Waals surface area contributed by atoms with Gasteiger partial charge in [-0.2, -0.15) is 0 Å². The number of carbonyl (C=O) groups is 1. The van der Waals surface area contributed by atoms with Crippen LogP contribution in [0.15, 0.2) is 0 Å². The number of Topliss-reactive ketones (excluding diaryl/α,β-unsaturated/α-hetero) is 1. The van der Waals surface area contributed by atoms with E-state index in [4.69, 9.17) is 9.47 Å². The molecule has 0 radical (unpaired) electrons. The molecule has 0 aromatic heterocycles. The number of ketones is 1. The van der Waals surface area contributed by atoms with Crippen LogP contribution in [0.1, 0.15) is 19.8 Å². The minimum atomic E-state index is -0.421. The zero-order chi connectivity index (χ0) is 12.0. The van der Waals surface area contributed by atoms with Crippen LogP contribution in [0.2, 0.25) is 0 Å². The molecule has 16 heavy (non-hydrogen) atoms. The first-order valence-corrected chi connectivity index (χ1v) is 5.68. The number of nitrogens with zero attached hydrogens (tertiary/aromatic N) is 1. The maximum atomic E-state index is 11.4. The summed E-state index contributed by atoms with van der Waals surface area (Å²) in [6.45, 7) is 3.25. The van der Waals surface area contributed by atoms with Crippen LogP contribution in [0.4, 0.5) is 0 Å². The van der Waals surface area contributed by atoms with Crippen LogP contribution in [0.25, 0.3) is 0 Å². The van der Waals surface area contributed by atoms with E-state index in [0.29, 0.717) is 13.2 Å². The summed E-state index contributed by atoms with van der Waals surface area (Å²) in [5, 5.41) is 9.20. The zero-order valence-electron chi connectivity index (χ0n) is 10.0. The van der Waals surface area contributed by atoms with Gasteiger partial charge in [0.05, 0.1) is 25.9 Å². The lowest BCUT2D eigenvalue weighted by molar-refractivity contribution is -0.131. The third kappa shape index (κ3) is 3.52. The highest BCUT2D eigenvalue weighted by Gasteiger charge is 2.33. The van der Waals surface area contributed by atoms with Gasteiger partial charge in [0.2, 0.25) is 0 Å². The maximum absolute atomic E-state index is 11.4. The lowest BCUT2D eigenvalue weighted by Gasteiger charge is -2.29. The molecular weight excluding hydrogens is 210 g/mol. The average molecular weight is 231 g/mol. The molecule has 0 aliphatic carbocycles. The summed E-state index contributed by atoms with van der Waals surface area (Å²) in [4.78, 5) is 13.3. The van der Waals surface area contributed by atoms with E-state index in [2.05, 4.69) is 0 Å². The molecule has 1 rings (SSSR count). The van der Waals surface area contributed by atoms with Gasteiger partial charge >= 0.3 is 0 Å². The summed E-state index contributed by atoms with van der Waals surface area (Å²) < 4.78 is 10.5. The molecule has 1 N–H and O–H groups in total. The predicted octanol–water partition coefficient (Wildman–Crippen LogP) is 0.0212. The molecule has 1 aliphatic rings. The first kappa shape index (κ1) is 13.6. The Kier molecular flexibility index (Phi) is 5.90. The van der Waals surface area contributed by atoms with E-state index in [-0.39, 0.29) is 18.6 Å². The molecule has 0 saturated carbocycles. The van der Waals surface area contributed by atoms with Gasteiger partial charge in [0.1, 0.15) is 12.0 Å². The molecule has 2 atom stereocenters. The Morgan fingerprint density at radius 1 is 1.56 bits per heavy atom. The van der Waals surface area contributed by atoms with Crippen molar-refractivity contribution < 1.29 is 19.4 Å². The number of aliphatic hydroxyl groups is 1. The van der Waals surface area contributed by atoms with E-state index < -0.39 is 6.04 Å². The Labute approximate surface area is 96.3 Å². The molecule has 0 aromatic rings. The van der Waals surface area contributed by atoms with Gasteiger partial charge in [-0.3, -0.25) is 9.69 Å². The fraction of sp³-hybridized carbons (Fsp3) is 0.909. The Bertz CT molecular complexity index is 222. The van der Waals surface area contributed by atoms with Gasteiger partial charge in [0.25, 0.3) is 0 Å².